The van der Waals surface area contributed by atoms with Crippen LogP contribution in [-0.2, 0) is 0 Å². The lowest BCUT2D eigenvalue weighted by molar-refractivity contribution is 0.262. The quantitative estimate of drug-likeness (QED) is 0.683. The Kier molecular flexibility index (Phi) is 4.10. The van der Waals surface area contributed by atoms with Crippen molar-refractivity contribution < 1.29 is 4.79 Å². The summed E-state index contributed by atoms with van der Waals surface area (Å²) in [6.07, 6.45) is 0. The number of thiazole rings is 1. The number of amides is 2. The lowest BCUT2D eigenvalue weighted by atomic mass is 10.1. The van der Waals surface area contributed by atoms with Gasteiger partial charge in [0.05, 0.1) is 11.6 Å². The largest absolute Gasteiger partial charge is 0.325 e. The molecule has 2 aromatic heterocycles. The van der Waals surface area contributed by atoms with Crippen molar-refractivity contribution in [1.29, 1.82) is 5.26 Å². The number of hydrogen-bond acceptors (Lipinski definition) is 5. The maximum Gasteiger partial charge on any atom is 0.325 e. The Hall–Kier alpha value is -2.69. The molecule has 23 heavy (non-hydrogen) atoms. The van der Waals surface area contributed by atoms with Crippen LogP contribution in [0.2, 0.25) is 5.15 Å². The van der Waals surface area contributed by atoms with Crippen molar-refractivity contribution in [1.82, 2.24) is 9.97 Å². The normalized spacial score (nSPS) is 10.3. The van der Waals surface area contributed by atoms with Gasteiger partial charge in [-0.05, 0) is 36.8 Å². The molecule has 0 aliphatic heterocycles. The first-order valence-electron chi connectivity index (χ1n) is 6.57. The van der Waals surface area contributed by atoms with Crippen LogP contribution in [0.15, 0.2) is 30.3 Å². The number of carbonyl (C=O) groups is 1. The fourth-order valence-corrected chi connectivity index (χ4v) is 2.96. The van der Waals surface area contributed by atoms with Crippen LogP contribution < -0.4 is 10.6 Å². The average Bonchev–Trinajstić information content (AvgIpc) is 2.90. The Bertz CT molecular complexity index is 947. The van der Waals surface area contributed by atoms with Crippen LogP contribution in [0.5, 0.6) is 0 Å². The van der Waals surface area contributed by atoms with Gasteiger partial charge in [-0.15, -0.1) is 0 Å². The Morgan fingerprint density at radius 2 is 2.09 bits per heavy atom. The van der Waals surface area contributed by atoms with Gasteiger partial charge < -0.3 is 5.32 Å². The first-order chi connectivity index (χ1) is 11.0. The minimum atomic E-state index is -0.437. The van der Waals surface area contributed by atoms with Gasteiger partial charge in [-0.3, -0.25) is 5.32 Å². The molecule has 0 saturated heterocycles. The first kappa shape index (κ1) is 15.2. The van der Waals surface area contributed by atoms with Crippen LogP contribution in [0.25, 0.3) is 10.3 Å². The van der Waals surface area contributed by atoms with Crippen molar-refractivity contribution in [3.05, 3.63) is 46.6 Å². The van der Waals surface area contributed by atoms with Crippen molar-refractivity contribution in [2.45, 2.75) is 6.92 Å². The second-order valence-corrected chi connectivity index (χ2v) is 6.06. The molecule has 0 fully saturated rings. The average molecular weight is 344 g/mol. The third-order valence-electron chi connectivity index (χ3n) is 3.06. The first-order valence-corrected chi connectivity index (χ1v) is 7.76. The van der Waals surface area contributed by atoms with Crippen molar-refractivity contribution in [2.24, 2.45) is 0 Å². The van der Waals surface area contributed by atoms with Crippen molar-refractivity contribution in [3.63, 3.8) is 0 Å². The second kappa shape index (κ2) is 6.20. The molecule has 0 bridgehead atoms. The van der Waals surface area contributed by atoms with Crippen LogP contribution in [0.1, 0.15) is 11.1 Å². The van der Waals surface area contributed by atoms with Gasteiger partial charge in [0.15, 0.2) is 5.13 Å². The predicted molar refractivity (Wildman–Crippen MR) is 91.0 cm³/mol. The summed E-state index contributed by atoms with van der Waals surface area (Å²) < 4.78 is 0. The Morgan fingerprint density at radius 3 is 2.87 bits per heavy atom. The van der Waals surface area contributed by atoms with Gasteiger partial charge in [0.2, 0.25) is 0 Å². The van der Waals surface area contributed by atoms with Gasteiger partial charge >= 0.3 is 6.03 Å². The molecule has 1 aromatic carbocycles. The number of carbonyl (C=O) groups excluding carboxylic acids is 1. The standard InChI is InChI=1S/C15H10ClN5OS/c1-8-2-3-9(7-17)6-11(8)18-14(22)21-15-19-10-4-5-12(16)20-13(10)23-15/h2-6H,1H3,(H2,18,19,21,22). The van der Waals surface area contributed by atoms with Crippen LogP contribution in [0.3, 0.4) is 0 Å². The number of fused-ring (bicyclic) bond motifs is 1. The molecular weight excluding hydrogens is 334 g/mol. The summed E-state index contributed by atoms with van der Waals surface area (Å²) in [6.45, 7) is 1.85. The minimum Gasteiger partial charge on any atom is -0.307 e. The highest BCUT2D eigenvalue weighted by Gasteiger charge is 2.10. The number of rotatable bonds is 2. The van der Waals surface area contributed by atoms with Gasteiger partial charge in [-0.1, -0.05) is 29.0 Å². The fraction of sp³-hybridized carbons (Fsp3) is 0.0667. The van der Waals surface area contributed by atoms with Gasteiger partial charge in [-0.25, -0.2) is 14.8 Å². The highest BCUT2D eigenvalue weighted by Crippen LogP contribution is 2.26. The number of halogens is 1. The maximum atomic E-state index is 12.1. The fourth-order valence-electron chi connectivity index (χ4n) is 1.92. The smallest absolute Gasteiger partial charge is 0.307 e. The van der Waals surface area contributed by atoms with E-state index in [1.807, 2.05) is 13.0 Å². The molecule has 2 amide bonds. The lowest BCUT2D eigenvalue weighted by Crippen LogP contribution is -2.19. The Morgan fingerprint density at radius 1 is 1.26 bits per heavy atom. The molecule has 6 nitrogen and oxygen atoms in total. The molecule has 8 heteroatoms. The topological polar surface area (TPSA) is 90.7 Å². The Balaban J connectivity index is 1.77. The number of urea groups is 1. The SMILES string of the molecule is Cc1ccc(C#N)cc1NC(=O)Nc1nc2ccc(Cl)nc2s1. The van der Waals surface area contributed by atoms with Crippen LogP contribution in [0, 0.1) is 18.3 Å². The van der Waals surface area contributed by atoms with Gasteiger partial charge in [-0.2, -0.15) is 5.26 Å². The molecule has 2 heterocycles. The van der Waals surface area contributed by atoms with Crippen LogP contribution in [0.4, 0.5) is 15.6 Å². The lowest BCUT2D eigenvalue weighted by Gasteiger charge is -2.08. The minimum absolute atomic E-state index is 0.376. The van der Waals surface area contributed by atoms with E-state index in [2.05, 4.69) is 20.6 Å². The number of nitriles is 1. The summed E-state index contributed by atoms with van der Waals surface area (Å²) in [6, 6.07) is 10.1. The third-order valence-corrected chi connectivity index (χ3v) is 4.15. The number of nitrogens with zero attached hydrogens (tertiary/aromatic N) is 3. The zero-order valence-corrected chi connectivity index (χ0v) is 13.5. The summed E-state index contributed by atoms with van der Waals surface area (Å²) in [7, 11) is 0. The molecule has 0 aliphatic rings. The summed E-state index contributed by atoms with van der Waals surface area (Å²) in [5.41, 5.74) is 2.57. The number of anilines is 2. The van der Waals surface area contributed by atoms with Gasteiger partial charge in [0, 0.05) is 5.69 Å². The molecule has 0 saturated carbocycles. The molecule has 0 unspecified atom stereocenters. The zero-order chi connectivity index (χ0) is 16.4. The summed E-state index contributed by atoms with van der Waals surface area (Å²) in [4.78, 5) is 21.1. The number of aryl methyl sites for hydroxylation is 1. The monoisotopic (exact) mass is 343 g/mol. The molecule has 114 valence electrons. The number of hydrogen-bond donors (Lipinski definition) is 2. The van der Waals surface area contributed by atoms with E-state index >= 15 is 0 Å². The van der Waals surface area contributed by atoms with Gasteiger partial charge in [0.25, 0.3) is 0 Å². The van der Waals surface area contributed by atoms with Crippen molar-refractivity contribution in [3.8, 4) is 6.07 Å². The highest BCUT2D eigenvalue weighted by molar-refractivity contribution is 7.22. The van der Waals surface area contributed by atoms with Crippen LogP contribution >= 0.6 is 22.9 Å². The summed E-state index contributed by atoms with van der Waals surface area (Å²) >= 11 is 7.06. The molecule has 0 atom stereocenters. The number of pyridine rings is 1. The van der Waals surface area contributed by atoms with Gasteiger partial charge in [0.1, 0.15) is 15.5 Å². The Labute approximate surface area is 140 Å². The van der Waals surface area contributed by atoms with E-state index in [4.69, 9.17) is 16.9 Å². The van der Waals surface area contributed by atoms with Crippen molar-refractivity contribution in [2.75, 3.05) is 10.6 Å². The van der Waals surface area contributed by atoms with E-state index in [9.17, 15) is 4.79 Å². The highest BCUT2D eigenvalue weighted by atomic mass is 35.5. The number of aromatic nitrogens is 2. The molecular formula is C15H10ClN5OS. The molecule has 0 radical (unpaired) electrons. The molecule has 0 spiro atoms. The molecule has 3 rings (SSSR count). The molecule has 2 N–H and O–H groups in total. The molecule has 0 aliphatic carbocycles. The second-order valence-electron chi connectivity index (χ2n) is 4.70. The van der Waals surface area contributed by atoms with Crippen molar-refractivity contribution >= 4 is 50.1 Å². The third kappa shape index (κ3) is 3.39. The summed E-state index contributed by atoms with van der Waals surface area (Å²) in [5, 5.41) is 15.1. The van der Waals surface area contributed by atoms with E-state index in [1.165, 1.54) is 11.3 Å². The van der Waals surface area contributed by atoms with E-state index in [-0.39, 0.29) is 0 Å². The van der Waals surface area contributed by atoms with E-state index in [0.29, 0.717) is 31.9 Å². The maximum absolute atomic E-state index is 12.1. The molecule has 3 aromatic rings. The van der Waals surface area contributed by atoms with E-state index < -0.39 is 6.03 Å². The van der Waals surface area contributed by atoms with E-state index in [1.54, 1.807) is 30.3 Å². The predicted octanol–water partition coefficient (Wildman–Crippen LogP) is 4.17. The van der Waals surface area contributed by atoms with E-state index in [0.717, 1.165) is 5.56 Å². The number of nitrogens with one attached hydrogen (secondary N) is 2. The summed E-state index contributed by atoms with van der Waals surface area (Å²) in [5.74, 6) is 0. The zero-order valence-electron chi connectivity index (χ0n) is 11.9. The van der Waals surface area contributed by atoms with Crippen LogP contribution in [-0.4, -0.2) is 16.0 Å². The number of benzene rings is 1.